The number of hydrogen-bond acceptors (Lipinski definition) is 2. The van der Waals surface area contributed by atoms with Gasteiger partial charge in [-0.3, -0.25) is 4.99 Å². The predicted molar refractivity (Wildman–Crippen MR) is 35.3 cm³/mol. The highest BCUT2D eigenvalue weighted by Gasteiger charge is 1.83. The zero-order chi connectivity index (χ0) is 6.41. The van der Waals surface area contributed by atoms with Crippen molar-refractivity contribution in [3.05, 3.63) is 12.2 Å². The molecule has 1 N–H and O–H groups in total. The number of aliphatic imine (C=N–C) groups is 1. The molecular weight excluding hydrogens is 102 g/mol. The summed E-state index contributed by atoms with van der Waals surface area (Å²) in [6.45, 7) is 1.92. The van der Waals surface area contributed by atoms with E-state index < -0.39 is 0 Å². The minimum Gasteiger partial charge on any atom is -0.390 e. The van der Waals surface area contributed by atoms with Gasteiger partial charge < -0.3 is 5.11 Å². The van der Waals surface area contributed by atoms with Gasteiger partial charge in [-0.15, -0.1) is 0 Å². The summed E-state index contributed by atoms with van der Waals surface area (Å²) in [4.78, 5) is 3.78. The quantitative estimate of drug-likeness (QED) is 0.523. The second kappa shape index (κ2) is 4.53. The van der Waals surface area contributed by atoms with Gasteiger partial charge in [0.1, 0.15) is 0 Å². The zero-order valence-electron chi connectivity index (χ0n) is 5.26. The van der Waals surface area contributed by atoms with E-state index in [-0.39, 0.29) is 6.61 Å². The molecule has 0 unspecified atom stereocenters. The van der Waals surface area contributed by atoms with Crippen molar-refractivity contribution in [3.8, 4) is 0 Å². The van der Waals surface area contributed by atoms with Crippen LogP contribution in [-0.4, -0.2) is 24.5 Å². The van der Waals surface area contributed by atoms with E-state index in [2.05, 4.69) is 4.99 Å². The van der Waals surface area contributed by atoms with E-state index in [0.29, 0.717) is 5.71 Å². The molecule has 2 heteroatoms. The van der Waals surface area contributed by atoms with Crippen molar-refractivity contribution in [1.82, 2.24) is 0 Å². The van der Waals surface area contributed by atoms with Crippen LogP contribution in [0.15, 0.2) is 17.1 Å². The Bertz CT molecular complexity index is 102. The summed E-state index contributed by atoms with van der Waals surface area (Å²) >= 11 is 0. The Morgan fingerprint density at radius 2 is 2.38 bits per heavy atom. The van der Waals surface area contributed by atoms with Gasteiger partial charge in [-0.2, -0.15) is 0 Å². The normalized spacial score (nSPS) is 13.1. The molecule has 0 atom stereocenters. The Balaban J connectivity index is 3.72. The van der Waals surface area contributed by atoms with Crippen LogP contribution >= 0.6 is 0 Å². The van der Waals surface area contributed by atoms with E-state index in [0.717, 1.165) is 0 Å². The average molecular weight is 113 g/mol. The van der Waals surface area contributed by atoms with E-state index in [1.54, 1.807) is 13.1 Å². The third kappa shape index (κ3) is 2.53. The van der Waals surface area contributed by atoms with Crippen LogP contribution in [0.2, 0.25) is 0 Å². The lowest BCUT2D eigenvalue weighted by Crippen LogP contribution is -1.98. The van der Waals surface area contributed by atoms with Crippen molar-refractivity contribution < 1.29 is 5.11 Å². The van der Waals surface area contributed by atoms with Crippen LogP contribution in [0.4, 0.5) is 0 Å². The van der Waals surface area contributed by atoms with Crippen molar-refractivity contribution in [2.24, 2.45) is 4.99 Å². The van der Waals surface area contributed by atoms with Gasteiger partial charge in [0.25, 0.3) is 0 Å². The van der Waals surface area contributed by atoms with Crippen molar-refractivity contribution in [1.29, 1.82) is 0 Å². The van der Waals surface area contributed by atoms with E-state index in [1.165, 1.54) is 0 Å². The molecule has 0 aromatic carbocycles. The predicted octanol–water partition coefficient (Wildman–Crippen LogP) is 0.626. The molecule has 0 aliphatic carbocycles. The SMILES string of the molecule is C/C=C\C(CO)=NC. The lowest BCUT2D eigenvalue weighted by Gasteiger charge is -1.88. The maximum absolute atomic E-state index is 8.48. The third-order valence-corrected chi connectivity index (χ3v) is 0.808. The van der Waals surface area contributed by atoms with E-state index >= 15 is 0 Å². The molecule has 0 radical (unpaired) electrons. The van der Waals surface area contributed by atoms with Gasteiger partial charge in [0.05, 0.1) is 12.3 Å². The van der Waals surface area contributed by atoms with E-state index in [1.807, 2.05) is 13.0 Å². The molecule has 2 nitrogen and oxygen atoms in total. The van der Waals surface area contributed by atoms with Crippen LogP contribution in [0, 0.1) is 0 Å². The molecule has 0 heterocycles. The molecule has 0 aliphatic rings. The maximum atomic E-state index is 8.48. The molecule has 0 aromatic rings. The first-order valence-corrected chi connectivity index (χ1v) is 2.54. The van der Waals surface area contributed by atoms with Crippen LogP contribution in [0.1, 0.15) is 6.92 Å². The van der Waals surface area contributed by atoms with Crippen LogP contribution < -0.4 is 0 Å². The molecule has 0 fully saturated rings. The largest absolute Gasteiger partial charge is 0.390 e. The lowest BCUT2D eigenvalue weighted by atomic mass is 10.3. The van der Waals surface area contributed by atoms with Crippen molar-refractivity contribution in [2.75, 3.05) is 13.7 Å². The topological polar surface area (TPSA) is 32.6 Å². The molecule has 0 saturated carbocycles. The number of rotatable bonds is 2. The maximum Gasteiger partial charge on any atom is 0.0848 e. The molecule has 0 bridgehead atoms. The fourth-order valence-electron chi connectivity index (χ4n) is 0.390. The molecule has 0 amide bonds. The van der Waals surface area contributed by atoms with Crippen molar-refractivity contribution >= 4 is 5.71 Å². The Labute approximate surface area is 49.6 Å². The van der Waals surface area contributed by atoms with Crippen LogP contribution in [0.5, 0.6) is 0 Å². The first kappa shape index (κ1) is 7.37. The number of allylic oxidation sites excluding steroid dienone is 1. The van der Waals surface area contributed by atoms with Crippen LogP contribution in [0.3, 0.4) is 0 Å². The molecule has 8 heavy (non-hydrogen) atoms. The fourth-order valence-corrected chi connectivity index (χ4v) is 0.390. The Morgan fingerprint density at radius 1 is 1.75 bits per heavy atom. The molecule has 0 rings (SSSR count). The first-order chi connectivity index (χ1) is 3.85. The number of aliphatic hydroxyl groups excluding tert-OH is 1. The third-order valence-electron chi connectivity index (χ3n) is 0.808. The first-order valence-electron chi connectivity index (χ1n) is 2.54. The van der Waals surface area contributed by atoms with Gasteiger partial charge in [-0.1, -0.05) is 6.08 Å². The van der Waals surface area contributed by atoms with Gasteiger partial charge in [0.15, 0.2) is 0 Å². The highest BCUT2D eigenvalue weighted by molar-refractivity contribution is 5.95. The molecule has 0 aliphatic heterocycles. The monoisotopic (exact) mass is 113 g/mol. The standard InChI is InChI=1S/C6H11NO/c1-3-4-6(5-8)7-2/h3-4,8H,5H2,1-2H3/b4-3-,7-6?. The average Bonchev–Trinajstić information content (AvgIpc) is 1.83. The Morgan fingerprint density at radius 3 is 2.50 bits per heavy atom. The minimum absolute atomic E-state index is 0.0286. The summed E-state index contributed by atoms with van der Waals surface area (Å²) in [7, 11) is 1.66. The molecule has 46 valence electrons. The fraction of sp³-hybridized carbons (Fsp3) is 0.500. The molecule has 0 saturated heterocycles. The minimum atomic E-state index is 0.0286. The number of nitrogens with zero attached hydrogens (tertiary/aromatic N) is 1. The summed E-state index contributed by atoms with van der Waals surface area (Å²) in [5, 5.41) is 8.48. The highest BCUT2D eigenvalue weighted by atomic mass is 16.3. The van der Waals surface area contributed by atoms with E-state index in [9.17, 15) is 0 Å². The Hall–Kier alpha value is -0.630. The number of hydrogen-bond donors (Lipinski definition) is 1. The van der Waals surface area contributed by atoms with E-state index in [4.69, 9.17) is 5.11 Å². The van der Waals surface area contributed by atoms with Gasteiger partial charge in [0.2, 0.25) is 0 Å². The Kier molecular flexibility index (Phi) is 4.17. The highest BCUT2D eigenvalue weighted by Crippen LogP contribution is 1.77. The summed E-state index contributed by atoms with van der Waals surface area (Å²) in [6, 6.07) is 0. The van der Waals surface area contributed by atoms with Gasteiger partial charge >= 0.3 is 0 Å². The van der Waals surface area contributed by atoms with Crippen LogP contribution in [-0.2, 0) is 0 Å². The summed E-state index contributed by atoms with van der Waals surface area (Å²) in [5.41, 5.74) is 0.715. The van der Waals surface area contributed by atoms with Crippen molar-refractivity contribution in [3.63, 3.8) is 0 Å². The van der Waals surface area contributed by atoms with Gasteiger partial charge in [0, 0.05) is 7.05 Å². The smallest absolute Gasteiger partial charge is 0.0848 e. The summed E-state index contributed by atoms with van der Waals surface area (Å²) in [5.74, 6) is 0. The van der Waals surface area contributed by atoms with Crippen LogP contribution in [0.25, 0.3) is 0 Å². The zero-order valence-corrected chi connectivity index (χ0v) is 5.26. The second-order valence-electron chi connectivity index (χ2n) is 1.37. The number of aliphatic hydroxyl groups is 1. The molecule has 0 spiro atoms. The van der Waals surface area contributed by atoms with Crippen molar-refractivity contribution in [2.45, 2.75) is 6.92 Å². The van der Waals surface area contributed by atoms with Gasteiger partial charge in [-0.05, 0) is 13.0 Å². The summed E-state index contributed by atoms with van der Waals surface area (Å²) in [6.07, 6.45) is 3.62. The second-order valence-corrected chi connectivity index (χ2v) is 1.37. The van der Waals surface area contributed by atoms with Gasteiger partial charge in [-0.25, -0.2) is 0 Å². The lowest BCUT2D eigenvalue weighted by molar-refractivity contribution is 0.358. The summed E-state index contributed by atoms with van der Waals surface area (Å²) < 4.78 is 0. The molecule has 0 aromatic heterocycles. The molecular formula is C6H11NO.